The lowest BCUT2D eigenvalue weighted by molar-refractivity contribution is -0.150. The van der Waals surface area contributed by atoms with Gasteiger partial charge in [0.25, 0.3) is 0 Å². The number of hydrogen-bond donors (Lipinski definition) is 2. The van der Waals surface area contributed by atoms with Crippen molar-refractivity contribution in [3.05, 3.63) is 48.0 Å². The molecule has 0 aromatic heterocycles. The molecule has 0 fully saturated rings. The van der Waals surface area contributed by atoms with Gasteiger partial charge in [-0.05, 0) is 18.4 Å². The van der Waals surface area contributed by atoms with Crippen LogP contribution in [0.3, 0.4) is 0 Å². The van der Waals surface area contributed by atoms with E-state index in [0.717, 1.165) is 10.5 Å². The summed E-state index contributed by atoms with van der Waals surface area (Å²) in [6.45, 7) is -0.0533. The third-order valence-electron chi connectivity index (χ3n) is 4.03. The lowest BCUT2D eigenvalue weighted by atomic mass is 10.1. The Labute approximate surface area is 146 Å². The van der Waals surface area contributed by atoms with Gasteiger partial charge < -0.3 is 15.2 Å². The van der Waals surface area contributed by atoms with Crippen LogP contribution in [0, 0.1) is 0 Å². The van der Waals surface area contributed by atoms with E-state index in [9.17, 15) is 14.4 Å². The highest BCUT2D eigenvalue weighted by molar-refractivity contribution is 5.81. The fourth-order valence-electron chi connectivity index (χ4n) is 2.54. The highest BCUT2D eigenvalue weighted by atomic mass is 16.5. The molecule has 0 unspecified atom stereocenters. The fraction of sp³-hybridized carbons (Fsp3) is 0.389. The fourth-order valence-corrected chi connectivity index (χ4v) is 2.54. The molecule has 0 saturated carbocycles. The highest BCUT2D eigenvalue weighted by Crippen LogP contribution is 2.16. The van der Waals surface area contributed by atoms with Crippen molar-refractivity contribution in [3.63, 3.8) is 0 Å². The van der Waals surface area contributed by atoms with Gasteiger partial charge in [0.15, 0.2) is 0 Å². The molecule has 1 aliphatic heterocycles. The van der Waals surface area contributed by atoms with Crippen molar-refractivity contribution in [1.29, 1.82) is 0 Å². The zero-order chi connectivity index (χ0) is 18.2. The third kappa shape index (κ3) is 5.34. The lowest BCUT2D eigenvalue weighted by Gasteiger charge is -2.25. The van der Waals surface area contributed by atoms with Gasteiger partial charge >= 0.3 is 12.1 Å². The number of esters is 1. The number of nitrogens with one attached hydrogen (secondary N) is 1. The first-order valence-electron chi connectivity index (χ1n) is 8.10. The summed E-state index contributed by atoms with van der Waals surface area (Å²) in [5.74, 6) is -0.764. The first kappa shape index (κ1) is 18.5. The van der Waals surface area contributed by atoms with Crippen LogP contribution < -0.4 is 5.32 Å². The summed E-state index contributed by atoms with van der Waals surface area (Å²) in [7, 11) is 1.34. The molecule has 1 heterocycles. The van der Waals surface area contributed by atoms with Crippen LogP contribution in [0.4, 0.5) is 4.79 Å². The van der Waals surface area contributed by atoms with Gasteiger partial charge in [0.05, 0.1) is 6.04 Å². The van der Waals surface area contributed by atoms with E-state index in [4.69, 9.17) is 9.84 Å². The highest BCUT2D eigenvalue weighted by Gasteiger charge is 2.28. The van der Waals surface area contributed by atoms with Crippen LogP contribution in [0.5, 0.6) is 0 Å². The second-order valence-electron chi connectivity index (χ2n) is 5.82. The Kier molecular flexibility index (Phi) is 6.56. The molecule has 25 heavy (non-hydrogen) atoms. The molecule has 134 valence electrons. The molecule has 0 saturated heterocycles. The summed E-state index contributed by atoms with van der Waals surface area (Å²) in [5, 5.41) is 12.0. The number of cyclic esters (lactones) is 1. The van der Waals surface area contributed by atoms with E-state index in [0.29, 0.717) is 12.8 Å². The minimum Gasteiger partial charge on any atom is -0.465 e. The van der Waals surface area contributed by atoms with Crippen molar-refractivity contribution < 1.29 is 24.2 Å². The molecular weight excluding hydrogens is 324 g/mol. The summed E-state index contributed by atoms with van der Waals surface area (Å²) < 4.78 is 5.32. The average Bonchev–Trinajstić information content (AvgIpc) is 2.60. The van der Waals surface area contributed by atoms with Crippen LogP contribution in [-0.4, -0.2) is 47.7 Å². The van der Waals surface area contributed by atoms with E-state index in [1.807, 2.05) is 30.3 Å². The van der Waals surface area contributed by atoms with E-state index in [-0.39, 0.29) is 18.9 Å². The van der Waals surface area contributed by atoms with E-state index < -0.39 is 24.1 Å². The predicted octanol–water partition coefficient (Wildman–Crippen LogP) is 2.11. The number of allylic oxidation sites excluding steroid dienone is 1. The predicted molar refractivity (Wildman–Crippen MR) is 90.9 cm³/mol. The number of carboxylic acid groups (broad SMARTS) is 1. The maximum Gasteiger partial charge on any atom is 0.407 e. The van der Waals surface area contributed by atoms with Gasteiger partial charge in [0, 0.05) is 13.5 Å². The molecule has 1 aromatic carbocycles. The van der Waals surface area contributed by atoms with Crippen molar-refractivity contribution >= 4 is 18.0 Å². The second-order valence-corrected chi connectivity index (χ2v) is 5.82. The molecular formula is C18H22N2O5. The Bertz CT molecular complexity index is 644. The molecule has 0 spiro atoms. The zero-order valence-electron chi connectivity index (χ0n) is 14.1. The van der Waals surface area contributed by atoms with Gasteiger partial charge in [-0.25, -0.2) is 9.59 Å². The van der Waals surface area contributed by atoms with Gasteiger partial charge in [-0.1, -0.05) is 42.5 Å². The number of carbonyl (C=O) groups is 3. The summed E-state index contributed by atoms with van der Waals surface area (Å²) >= 11 is 0. The number of rotatable bonds is 2. The van der Waals surface area contributed by atoms with Gasteiger partial charge in [-0.15, -0.1) is 0 Å². The molecule has 0 bridgehead atoms. The Balaban J connectivity index is 2.20. The van der Waals surface area contributed by atoms with Gasteiger partial charge in [0.2, 0.25) is 5.91 Å². The number of ether oxygens (including phenoxy) is 1. The summed E-state index contributed by atoms with van der Waals surface area (Å²) in [6, 6.07) is 7.82. The summed E-state index contributed by atoms with van der Waals surface area (Å²) in [6.07, 6.45) is 3.32. The first-order chi connectivity index (χ1) is 12.0. The monoisotopic (exact) mass is 346 g/mol. The maximum absolute atomic E-state index is 12.4. The third-order valence-corrected chi connectivity index (χ3v) is 4.03. The first-order valence-corrected chi connectivity index (χ1v) is 8.10. The molecule has 1 aliphatic rings. The SMILES string of the molecule is CN(C(=O)O)[C@@H]1CC=CCCC(=O)N[C@H](c2ccccc2)COC1=O. The molecule has 0 radical (unpaired) electrons. The van der Waals surface area contributed by atoms with Crippen molar-refractivity contribution in [2.75, 3.05) is 13.7 Å². The minimum absolute atomic E-state index is 0.0533. The largest absolute Gasteiger partial charge is 0.465 e. The number of amides is 2. The molecule has 2 N–H and O–H groups in total. The van der Waals surface area contributed by atoms with E-state index >= 15 is 0 Å². The Morgan fingerprint density at radius 3 is 2.64 bits per heavy atom. The topological polar surface area (TPSA) is 95.9 Å². The van der Waals surface area contributed by atoms with Crippen molar-refractivity contribution in [2.24, 2.45) is 0 Å². The number of benzene rings is 1. The molecule has 1 aromatic rings. The van der Waals surface area contributed by atoms with E-state index in [1.165, 1.54) is 7.05 Å². The number of hydrogen-bond acceptors (Lipinski definition) is 4. The average molecular weight is 346 g/mol. The van der Waals surface area contributed by atoms with Gasteiger partial charge in [-0.3, -0.25) is 9.69 Å². The Hall–Kier alpha value is -2.83. The lowest BCUT2D eigenvalue weighted by Crippen LogP contribution is -2.43. The molecule has 2 atom stereocenters. The Morgan fingerprint density at radius 1 is 1.24 bits per heavy atom. The van der Waals surface area contributed by atoms with E-state index in [1.54, 1.807) is 12.2 Å². The van der Waals surface area contributed by atoms with Crippen LogP contribution in [-0.2, 0) is 14.3 Å². The Morgan fingerprint density at radius 2 is 1.96 bits per heavy atom. The number of carbonyl (C=O) groups excluding carboxylic acids is 2. The maximum atomic E-state index is 12.4. The molecule has 7 nitrogen and oxygen atoms in total. The molecule has 7 heteroatoms. The van der Waals surface area contributed by atoms with Crippen LogP contribution in [0.25, 0.3) is 0 Å². The summed E-state index contributed by atoms with van der Waals surface area (Å²) in [4.78, 5) is 36.5. The molecule has 2 rings (SSSR count). The van der Waals surface area contributed by atoms with Crippen molar-refractivity contribution in [1.82, 2.24) is 10.2 Å². The normalized spacial score (nSPS) is 22.1. The second kappa shape index (κ2) is 8.86. The van der Waals surface area contributed by atoms with Gasteiger partial charge in [-0.2, -0.15) is 0 Å². The standard InChI is InChI=1S/C18H22N2O5/c1-20(18(23)24)15-10-6-3-7-11-16(21)19-14(12-25-17(15)22)13-8-4-2-5-9-13/h2-6,8-9,14-15H,7,10-12H2,1H3,(H,19,21)(H,23,24)/t14-,15+/m0/s1. The smallest absolute Gasteiger partial charge is 0.407 e. The summed E-state index contributed by atoms with van der Waals surface area (Å²) in [5.41, 5.74) is 0.819. The minimum atomic E-state index is -1.20. The number of likely N-dealkylation sites (N-methyl/N-ethyl adjacent to an activating group) is 1. The van der Waals surface area contributed by atoms with Gasteiger partial charge in [0.1, 0.15) is 12.6 Å². The van der Waals surface area contributed by atoms with Crippen LogP contribution in [0.15, 0.2) is 42.5 Å². The quantitative estimate of drug-likeness (QED) is 0.631. The molecule has 0 aliphatic carbocycles. The van der Waals surface area contributed by atoms with Crippen molar-refractivity contribution in [3.8, 4) is 0 Å². The molecule has 2 amide bonds. The number of nitrogens with zero attached hydrogens (tertiary/aromatic N) is 1. The van der Waals surface area contributed by atoms with Crippen LogP contribution >= 0.6 is 0 Å². The van der Waals surface area contributed by atoms with Crippen LogP contribution in [0.1, 0.15) is 30.9 Å². The van der Waals surface area contributed by atoms with Crippen molar-refractivity contribution in [2.45, 2.75) is 31.3 Å². The van der Waals surface area contributed by atoms with Crippen LogP contribution in [0.2, 0.25) is 0 Å². The van der Waals surface area contributed by atoms with E-state index in [2.05, 4.69) is 5.32 Å². The zero-order valence-corrected chi connectivity index (χ0v) is 14.1.